The summed E-state index contributed by atoms with van der Waals surface area (Å²) in [4.78, 5) is 29.5. The predicted molar refractivity (Wildman–Crippen MR) is 89.2 cm³/mol. The normalized spacial score (nSPS) is 17.6. The number of likely N-dealkylation sites (tertiary alicyclic amines) is 1. The largest absolute Gasteiger partial charge is 0.467 e. The Balaban J connectivity index is 1.45. The number of nitrogens with one attached hydrogen (secondary N) is 2. The Morgan fingerprint density at radius 1 is 1.29 bits per heavy atom. The second-order valence-electron chi connectivity index (χ2n) is 5.99. The average molecular weight is 323 g/mol. The van der Waals surface area contributed by atoms with Crippen LogP contribution < -0.4 is 5.32 Å². The lowest BCUT2D eigenvalue weighted by molar-refractivity contribution is -0.128. The third-order valence-electron chi connectivity index (χ3n) is 4.36. The number of carbonyl (C=O) groups is 2. The van der Waals surface area contributed by atoms with Gasteiger partial charge in [-0.25, -0.2) is 0 Å². The van der Waals surface area contributed by atoms with E-state index >= 15 is 0 Å². The van der Waals surface area contributed by atoms with Crippen molar-refractivity contribution in [3.8, 4) is 0 Å². The second-order valence-corrected chi connectivity index (χ2v) is 5.99. The van der Waals surface area contributed by atoms with E-state index in [1.807, 2.05) is 36.5 Å². The van der Waals surface area contributed by atoms with Crippen molar-refractivity contribution in [1.82, 2.24) is 9.88 Å². The maximum absolute atomic E-state index is 12.6. The van der Waals surface area contributed by atoms with E-state index in [0.29, 0.717) is 13.1 Å². The first-order valence-electron chi connectivity index (χ1n) is 7.88. The van der Waals surface area contributed by atoms with Crippen LogP contribution in [0, 0.1) is 5.92 Å². The lowest BCUT2D eigenvalue weighted by atomic mass is 10.1. The molecule has 24 heavy (non-hydrogen) atoms. The summed E-state index contributed by atoms with van der Waals surface area (Å²) in [5, 5.41) is 3.91. The fourth-order valence-corrected chi connectivity index (χ4v) is 3.12. The van der Waals surface area contributed by atoms with Crippen molar-refractivity contribution in [3.05, 3.63) is 54.6 Å². The molecule has 0 unspecified atom stereocenters. The van der Waals surface area contributed by atoms with Gasteiger partial charge >= 0.3 is 0 Å². The highest BCUT2D eigenvalue weighted by Gasteiger charge is 2.34. The van der Waals surface area contributed by atoms with Gasteiger partial charge in [-0.15, -0.1) is 0 Å². The zero-order chi connectivity index (χ0) is 16.5. The Morgan fingerprint density at radius 2 is 2.21 bits per heavy atom. The van der Waals surface area contributed by atoms with Gasteiger partial charge in [-0.05, 0) is 30.3 Å². The number of fused-ring (bicyclic) bond motifs is 1. The number of anilines is 1. The van der Waals surface area contributed by atoms with Gasteiger partial charge in [0.1, 0.15) is 5.76 Å². The quantitative estimate of drug-likeness (QED) is 0.775. The lowest BCUT2D eigenvalue weighted by Crippen LogP contribution is -2.27. The molecule has 0 aliphatic carbocycles. The first-order valence-corrected chi connectivity index (χ1v) is 7.88. The molecule has 6 heteroatoms. The van der Waals surface area contributed by atoms with E-state index in [0.717, 1.165) is 22.4 Å². The van der Waals surface area contributed by atoms with Crippen molar-refractivity contribution in [3.63, 3.8) is 0 Å². The standard InChI is InChI=1S/C18H17N3O3/c22-17-9-12(10-21(17)11-13-3-2-8-24-13)18(23)20-16-5-1-4-15-14(16)6-7-19-15/h1-8,12,19H,9-11H2,(H,20,23)/t12-/m1/s1. The summed E-state index contributed by atoms with van der Waals surface area (Å²) >= 11 is 0. The minimum Gasteiger partial charge on any atom is -0.467 e. The summed E-state index contributed by atoms with van der Waals surface area (Å²) in [7, 11) is 0. The molecule has 3 aromatic rings. The first kappa shape index (κ1) is 14.6. The molecule has 0 radical (unpaired) electrons. The predicted octanol–water partition coefficient (Wildman–Crippen LogP) is 2.75. The highest BCUT2D eigenvalue weighted by molar-refractivity contribution is 6.03. The van der Waals surface area contributed by atoms with E-state index in [1.165, 1.54) is 0 Å². The van der Waals surface area contributed by atoms with Gasteiger partial charge in [-0.1, -0.05) is 6.07 Å². The molecule has 4 rings (SSSR count). The van der Waals surface area contributed by atoms with Gasteiger partial charge in [-0.2, -0.15) is 0 Å². The number of carbonyl (C=O) groups excluding carboxylic acids is 2. The molecular formula is C18H17N3O3. The van der Waals surface area contributed by atoms with Crippen LogP contribution in [0.2, 0.25) is 0 Å². The Kier molecular flexibility index (Phi) is 3.57. The number of H-pyrrole nitrogens is 1. The lowest BCUT2D eigenvalue weighted by Gasteiger charge is -2.15. The number of benzene rings is 1. The number of amides is 2. The third kappa shape index (κ3) is 2.67. The van der Waals surface area contributed by atoms with Gasteiger partial charge in [0.2, 0.25) is 11.8 Å². The fraction of sp³-hybridized carbons (Fsp3) is 0.222. The van der Waals surface area contributed by atoms with Gasteiger partial charge in [0.15, 0.2) is 0 Å². The summed E-state index contributed by atoms with van der Waals surface area (Å²) in [6, 6.07) is 11.2. The highest BCUT2D eigenvalue weighted by atomic mass is 16.3. The molecule has 1 saturated heterocycles. The number of nitrogens with zero attached hydrogens (tertiary/aromatic N) is 1. The molecule has 2 amide bonds. The molecule has 3 heterocycles. The monoisotopic (exact) mass is 323 g/mol. The van der Waals surface area contributed by atoms with E-state index in [1.54, 1.807) is 17.2 Å². The van der Waals surface area contributed by atoms with Crippen molar-refractivity contribution < 1.29 is 14.0 Å². The maximum atomic E-state index is 12.6. The van der Waals surface area contributed by atoms with Gasteiger partial charge < -0.3 is 19.6 Å². The molecule has 6 nitrogen and oxygen atoms in total. The molecule has 1 aliphatic heterocycles. The molecule has 1 aromatic carbocycles. The number of furan rings is 1. The van der Waals surface area contributed by atoms with Gasteiger partial charge in [-0.3, -0.25) is 9.59 Å². The molecule has 1 fully saturated rings. The Bertz CT molecular complexity index is 882. The van der Waals surface area contributed by atoms with Gasteiger partial charge in [0.25, 0.3) is 0 Å². The Hall–Kier alpha value is -3.02. The number of hydrogen-bond donors (Lipinski definition) is 2. The maximum Gasteiger partial charge on any atom is 0.229 e. The molecule has 1 atom stereocenters. The molecule has 122 valence electrons. The van der Waals surface area contributed by atoms with E-state index in [4.69, 9.17) is 4.42 Å². The van der Waals surface area contributed by atoms with Crippen LogP contribution in [0.3, 0.4) is 0 Å². The fourth-order valence-electron chi connectivity index (χ4n) is 3.12. The van der Waals surface area contributed by atoms with Gasteiger partial charge in [0.05, 0.1) is 24.4 Å². The molecule has 0 bridgehead atoms. The Morgan fingerprint density at radius 3 is 3.04 bits per heavy atom. The van der Waals surface area contributed by atoms with Crippen LogP contribution in [0.15, 0.2) is 53.3 Å². The van der Waals surface area contributed by atoms with Crippen LogP contribution in [-0.4, -0.2) is 28.2 Å². The second kappa shape index (κ2) is 5.88. The smallest absolute Gasteiger partial charge is 0.229 e. The summed E-state index contributed by atoms with van der Waals surface area (Å²) < 4.78 is 5.28. The minimum absolute atomic E-state index is 0.0218. The molecular weight excluding hydrogens is 306 g/mol. The molecule has 2 N–H and O–H groups in total. The zero-order valence-electron chi connectivity index (χ0n) is 13.0. The summed E-state index contributed by atoms with van der Waals surface area (Å²) in [5.41, 5.74) is 1.73. The molecule has 0 saturated carbocycles. The van der Waals surface area contributed by atoms with Crippen molar-refractivity contribution in [2.24, 2.45) is 5.92 Å². The highest BCUT2D eigenvalue weighted by Crippen LogP contribution is 2.25. The van der Waals surface area contributed by atoms with Crippen LogP contribution in [0.5, 0.6) is 0 Å². The number of rotatable bonds is 4. The average Bonchev–Trinajstić information content (AvgIpc) is 3.30. The molecule has 2 aromatic heterocycles. The zero-order valence-corrected chi connectivity index (χ0v) is 13.0. The topological polar surface area (TPSA) is 78.3 Å². The van der Waals surface area contributed by atoms with Crippen molar-refractivity contribution in [1.29, 1.82) is 0 Å². The minimum atomic E-state index is -0.346. The first-order chi connectivity index (χ1) is 11.7. The summed E-state index contributed by atoms with van der Waals surface area (Å²) in [6.07, 6.45) is 3.65. The summed E-state index contributed by atoms with van der Waals surface area (Å²) in [6.45, 7) is 0.817. The van der Waals surface area contributed by atoms with Crippen LogP contribution in [0.25, 0.3) is 10.9 Å². The molecule has 0 spiro atoms. The van der Waals surface area contributed by atoms with E-state index < -0.39 is 0 Å². The molecule has 1 aliphatic rings. The van der Waals surface area contributed by atoms with Crippen molar-refractivity contribution >= 4 is 28.4 Å². The van der Waals surface area contributed by atoms with Crippen LogP contribution >= 0.6 is 0 Å². The SMILES string of the molecule is O=C(Nc1cccc2[nH]ccc12)[C@@H]1CC(=O)N(Cc2ccco2)C1. The number of hydrogen-bond acceptors (Lipinski definition) is 3. The van der Waals surface area contributed by atoms with Crippen molar-refractivity contribution in [2.45, 2.75) is 13.0 Å². The van der Waals surface area contributed by atoms with E-state index in [2.05, 4.69) is 10.3 Å². The Labute approximate surface area is 138 Å². The van der Waals surface area contributed by atoms with Crippen molar-refractivity contribution in [2.75, 3.05) is 11.9 Å². The van der Waals surface area contributed by atoms with Crippen LogP contribution in [0.1, 0.15) is 12.2 Å². The third-order valence-corrected chi connectivity index (χ3v) is 4.36. The van der Waals surface area contributed by atoms with E-state index in [-0.39, 0.29) is 24.2 Å². The van der Waals surface area contributed by atoms with Gasteiger partial charge in [0, 0.05) is 30.1 Å². The van der Waals surface area contributed by atoms with E-state index in [9.17, 15) is 9.59 Å². The summed E-state index contributed by atoms with van der Waals surface area (Å²) in [5.74, 6) is 0.230. The van der Waals surface area contributed by atoms with Crippen LogP contribution in [0.4, 0.5) is 5.69 Å². The number of aromatic amines is 1. The van der Waals surface area contributed by atoms with Crippen LogP contribution in [-0.2, 0) is 16.1 Å². The number of aromatic nitrogens is 1.